The van der Waals surface area contributed by atoms with E-state index in [1.54, 1.807) is 31.2 Å². The van der Waals surface area contributed by atoms with E-state index in [4.69, 9.17) is 5.26 Å². The van der Waals surface area contributed by atoms with Crippen molar-refractivity contribution in [2.24, 2.45) is 0 Å². The monoisotopic (exact) mass is 422 g/mol. The third-order valence-corrected chi connectivity index (χ3v) is 5.05. The third-order valence-electron chi connectivity index (χ3n) is 5.05. The van der Waals surface area contributed by atoms with Gasteiger partial charge in [0.05, 0.1) is 28.8 Å². The molecule has 1 unspecified atom stereocenters. The fourth-order valence-electron chi connectivity index (χ4n) is 3.61. The zero-order valence-electron chi connectivity index (χ0n) is 16.0. The van der Waals surface area contributed by atoms with Crippen LogP contribution in [0.2, 0.25) is 0 Å². The molecule has 0 amide bonds. The highest BCUT2D eigenvalue weighted by Gasteiger charge is 2.37. The van der Waals surface area contributed by atoms with Crippen molar-refractivity contribution in [1.29, 1.82) is 10.5 Å². The number of allylic oxidation sites excluding steroid dienone is 2. The number of nitriles is 2. The molecule has 1 aliphatic heterocycles. The molecular weight excluding hydrogens is 409 g/mol. The predicted molar refractivity (Wildman–Crippen MR) is 104 cm³/mol. The van der Waals surface area contributed by atoms with Crippen LogP contribution in [0.5, 0.6) is 0 Å². The van der Waals surface area contributed by atoms with E-state index in [0.717, 1.165) is 12.1 Å². The zero-order valence-corrected chi connectivity index (χ0v) is 16.0. The van der Waals surface area contributed by atoms with Crippen LogP contribution in [0.1, 0.15) is 29.7 Å². The lowest BCUT2D eigenvalue weighted by Crippen LogP contribution is -2.34. The average Bonchev–Trinajstić information content (AvgIpc) is 3.13. The number of rotatable bonds is 2. The smallest absolute Gasteiger partial charge is 0.282 e. The molecule has 0 saturated heterocycles. The summed E-state index contributed by atoms with van der Waals surface area (Å²) in [6.45, 7) is 1.58. The number of H-pyrrole nitrogens is 1. The first kappa shape index (κ1) is 20.0. The summed E-state index contributed by atoms with van der Waals surface area (Å²) in [5.41, 5.74) is 0.0865. The van der Waals surface area contributed by atoms with Gasteiger partial charge in [-0.1, -0.05) is 18.2 Å². The minimum atomic E-state index is -4.56. The minimum Gasteiger partial charge on any atom is -0.282 e. The van der Waals surface area contributed by atoms with Crippen LogP contribution in [0.15, 0.2) is 64.6 Å². The normalized spacial score (nSPS) is 15.9. The lowest BCUT2D eigenvalue weighted by molar-refractivity contribution is -0.137. The van der Waals surface area contributed by atoms with Crippen LogP contribution >= 0.6 is 0 Å². The van der Waals surface area contributed by atoms with Crippen molar-refractivity contribution in [3.05, 3.63) is 87.0 Å². The Morgan fingerprint density at radius 2 is 1.81 bits per heavy atom. The zero-order chi connectivity index (χ0) is 22.3. The maximum atomic E-state index is 13.2. The van der Waals surface area contributed by atoms with Crippen molar-refractivity contribution in [1.82, 2.24) is 14.8 Å². The Labute approximate surface area is 173 Å². The second kappa shape index (κ2) is 7.18. The molecule has 1 atom stereocenters. The molecule has 154 valence electrons. The van der Waals surface area contributed by atoms with E-state index in [1.165, 1.54) is 21.6 Å². The summed E-state index contributed by atoms with van der Waals surface area (Å²) in [6, 6.07) is 14.2. The average molecular weight is 422 g/mol. The molecule has 2 heterocycles. The topological polar surface area (TPSA) is 101 Å². The van der Waals surface area contributed by atoms with Gasteiger partial charge in [-0.25, -0.2) is 14.5 Å². The highest BCUT2D eigenvalue weighted by molar-refractivity contribution is 5.68. The van der Waals surface area contributed by atoms with Crippen LogP contribution < -0.4 is 10.6 Å². The Kier molecular flexibility index (Phi) is 4.63. The number of aromatic nitrogens is 3. The van der Waals surface area contributed by atoms with Crippen LogP contribution in [0.4, 0.5) is 24.8 Å². The van der Waals surface area contributed by atoms with Gasteiger partial charge >= 0.3 is 11.9 Å². The van der Waals surface area contributed by atoms with E-state index >= 15 is 0 Å². The summed E-state index contributed by atoms with van der Waals surface area (Å²) in [7, 11) is 0. The Hall–Kier alpha value is -4.31. The largest absolute Gasteiger partial charge is 0.416 e. The van der Waals surface area contributed by atoms with Gasteiger partial charge in [-0.15, -0.1) is 5.10 Å². The highest BCUT2D eigenvalue weighted by Crippen LogP contribution is 2.42. The van der Waals surface area contributed by atoms with E-state index in [2.05, 4.69) is 16.3 Å². The second-order valence-electron chi connectivity index (χ2n) is 6.83. The molecule has 0 fully saturated rings. The summed E-state index contributed by atoms with van der Waals surface area (Å²) >= 11 is 0. The third kappa shape index (κ3) is 3.24. The number of fused-ring (bicyclic) bond motifs is 1. The number of benzene rings is 2. The predicted octanol–water partition coefficient (Wildman–Crippen LogP) is 4.00. The van der Waals surface area contributed by atoms with E-state index in [1.807, 2.05) is 6.07 Å². The maximum Gasteiger partial charge on any atom is 0.416 e. The van der Waals surface area contributed by atoms with E-state index < -0.39 is 23.5 Å². The van der Waals surface area contributed by atoms with Gasteiger partial charge in [0, 0.05) is 11.4 Å². The molecule has 31 heavy (non-hydrogen) atoms. The van der Waals surface area contributed by atoms with Gasteiger partial charge in [-0.2, -0.15) is 23.7 Å². The van der Waals surface area contributed by atoms with Gasteiger partial charge in [0.15, 0.2) is 0 Å². The molecule has 10 heteroatoms. The highest BCUT2D eigenvalue weighted by atomic mass is 19.4. The fourth-order valence-corrected chi connectivity index (χ4v) is 3.61. The summed E-state index contributed by atoms with van der Waals surface area (Å²) < 4.78 is 40.9. The van der Waals surface area contributed by atoms with Crippen molar-refractivity contribution in [2.45, 2.75) is 19.1 Å². The first-order valence-corrected chi connectivity index (χ1v) is 9.01. The molecule has 2 aromatic carbocycles. The second-order valence-corrected chi connectivity index (χ2v) is 6.83. The Bertz CT molecular complexity index is 1340. The van der Waals surface area contributed by atoms with E-state index in [-0.39, 0.29) is 17.2 Å². The molecule has 3 aromatic rings. The van der Waals surface area contributed by atoms with Crippen LogP contribution in [0, 0.1) is 22.7 Å². The number of alkyl halides is 3. The molecule has 0 spiro atoms. The van der Waals surface area contributed by atoms with Crippen LogP contribution in [0.25, 0.3) is 0 Å². The number of nitrogens with one attached hydrogen (secondary N) is 1. The minimum absolute atomic E-state index is 0.0511. The summed E-state index contributed by atoms with van der Waals surface area (Å²) in [5, 5.41) is 25.2. The SMILES string of the molecule is CC1=C(C#N)C(c2ccc(C#N)cc2)n2c(n[nH]c2=O)N1c1cccc(C(F)(F)F)c1. The van der Waals surface area contributed by atoms with Gasteiger partial charge in [-0.05, 0) is 42.8 Å². The molecule has 1 N–H and O–H groups in total. The number of nitrogens with zero attached hydrogens (tertiary/aromatic N) is 5. The van der Waals surface area contributed by atoms with Gasteiger partial charge in [-0.3, -0.25) is 4.90 Å². The lowest BCUT2D eigenvalue weighted by atomic mass is 9.94. The summed E-state index contributed by atoms with van der Waals surface area (Å²) in [4.78, 5) is 13.9. The van der Waals surface area contributed by atoms with Crippen LogP contribution in [-0.4, -0.2) is 14.8 Å². The van der Waals surface area contributed by atoms with Gasteiger partial charge in [0.2, 0.25) is 5.95 Å². The Morgan fingerprint density at radius 1 is 1.10 bits per heavy atom. The fraction of sp³-hybridized carbons (Fsp3) is 0.143. The molecule has 0 saturated carbocycles. The molecule has 7 nitrogen and oxygen atoms in total. The van der Waals surface area contributed by atoms with Crippen molar-refractivity contribution in [3.8, 4) is 12.1 Å². The molecule has 0 aliphatic carbocycles. The molecule has 4 rings (SSSR count). The van der Waals surface area contributed by atoms with Gasteiger partial charge in [0.25, 0.3) is 0 Å². The van der Waals surface area contributed by atoms with E-state index in [9.17, 15) is 23.2 Å². The molecular formula is C21H13F3N6O. The summed E-state index contributed by atoms with van der Waals surface area (Å²) in [6.07, 6.45) is -4.56. The van der Waals surface area contributed by atoms with E-state index in [0.29, 0.717) is 16.8 Å². The molecule has 1 aliphatic rings. The number of halogens is 3. The van der Waals surface area contributed by atoms with Crippen LogP contribution in [-0.2, 0) is 6.18 Å². The van der Waals surface area contributed by atoms with Crippen LogP contribution in [0.3, 0.4) is 0 Å². The number of aromatic amines is 1. The molecule has 0 radical (unpaired) electrons. The van der Waals surface area contributed by atoms with Crippen molar-refractivity contribution in [2.75, 3.05) is 4.90 Å². The molecule has 1 aromatic heterocycles. The van der Waals surface area contributed by atoms with Gasteiger partial charge in [0.1, 0.15) is 6.04 Å². The summed E-state index contributed by atoms with van der Waals surface area (Å²) in [5.74, 6) is 0.0511. The Morgan fingerprint density at radius 3 is 2.42 bits per heavy atom. The first-order chi connectivity index (χ1) is 14.8. The quantitative estimate of drug-likeness (QED) is 0.673. The number of anilines is 2. The lowest BCUT2D eigenvalue weighted by Gasteiger charge is -2.34. The number of hydrogen-bond donors (Lipinski definition) is 1. The van der Waals surface area contributed by atoms with Gasteiger partial charge < -0.3 is 0 Å². The van der Waals surface area contributed by atoms with Crippen molar-refractivity contribution < 1.29 is 13.2 Å². The maximum absolute atomic E-state index is 13.2. The Balaban J connectivity index is 1.94. The van der Waals surface area contributed by atoms with Crippen molar-refractivity contribution >= 4 is 11.6 Å². The molecule has 0 bridgehead atoms. The number of hydrogen-bond acceptors (Lipinski definition) is 5. The standard InChI is InChI=1S/C21H13F3N6O/c1-12-17(11-26)18(14-7-5-13(10-25)6-8-14)30-19(27-28-20(30)31)29(12)16-4-2-3-15(9-16)21(22,23)24/h2-9,18H,1H3,(H,28,31). The first-order valence-electron chi connectivity index (χ1n) is 9.01. The van der Waals surface area contributed by atoms with Crippen molar-refractivity contribution in [3.63, 3.8) is 0 Å².